The number of rotatable bonds is 4. The van der Waals surface area contributed by atoms with Gasteiger partial charge in [0.2, 0.25) is 0 Å². The molecule has 5 nitrogen and oxygen atoms in total. The molecule has 3 rings (SSSR count). The molecule has 0 spiro atoms. The maximum absolute atomic E-state index is 12.9. The van der Waals surface area contributed by atoms with Crippen LogP contribution in [0.15, 0.2) is 40.8 Å². The van der Waals surface area contributed by atoms with Crippen molar-refractivity contribution in [1.82, 2.24) is 4.90 Å². The Morgan fingerprint density at radius 2 is 2.00 bits per heavy atom. The Bertz CT molecular complexity index is 697. The fourth-order valence-corrected chi connectivity index (χ4v) is 2.58. The van der Waals surface area contributed by atoms with Gasteiger partial charge in [-0.3, -0.25) is 4.79 Å². The van der Waals surface area contributed by atoms with E-state index in [-0.39, 0.29) is 36.2 Å². The second-order valence-electron chi connectivity index (χ2n) is 5.96. The molecule has 0 N–H and O–H groups in total. The minimum atomic E-state index is -0.318. The summed E-state index contributed by atoms with van der Waals surface area (Å²) in [5.41, 5.74) is 0. The maximum Gasteiger partial charge on any atom is 0.289 e. The van der Waals surface area contributed by atoms with Crippen LogP contribution in [0.25, 0.3) is 0 Å². The van der Waals surface area contributed by atoms with Crippen molar-refractivity contribution in [2.24, 2.45) is 0 Å². The molecule has 0 bridgehead atoms. The van der Waals surface area contributed by atoms with Crippen LogP contribution in [0.4, 0.5) is 4.39 Å². The van der Waals surface area contributed by atoms with Gasteiger partial charge < -0.3 is 18.8 Å². The van der Waals surface area contributed by atoms with Gasteiger partial charge in [0.1, 0.15) is 23.9 Å². The number of hydrogen-bond donors (Lipinski definition) is 0. The molecule has 1 aromatic carbocycles. The van der Waals surface area contributed by atoms with Crippen LogP contribution in [0.3, 0.4) is 0 Å². The van der Waals surface area contributed by atoms with E-state index in [0.29, 0.717) is 24.7 Å². The van der Waals surface area contributed by atoms with Crippen molar-refractivity contribution in [3.63, 3.8) is 0 Å². The monoisotopic (exact) mass is 333 g/mol. The Morgan fingerprint density at radius 3 is 2.75 bits per heavy atom. The fraction of sp³-hybridized carbons (Fsp3) is 0.389. The first kappa shape index (κ1) is 16.5. The summed E-state index contributed by atoms with van der Waals surface area (Å²) in [6.07, 6.45) is 0.0152. The lowest BCUT2D eigenvalue weighted by molar-refractivity contribution is -0.0397. The van der Waals surface area contributed by atoms with E-state index in [0.717, 1.165) is 0 Å². The van der Waals surface area contributed by atoms with Crippen LogP contribution in [0.2, 0.25) is 0 Å². The van der Waals surface area contributed by atoms with E-state index in [2.05, 4.69) is 0 Å². The van der Waals surface area contributed by atoms with Gasteiger partial charge in [0, 0.05) is 6.54 Å². The van der Waals surface area contributed by atoms with Gasteiger partial charge in [-0.05, 0) is 50.2 Å². The number of carbonyl (C=O) groups excluding carboxylic acids is 1. The fourth-order valence-electron chi connectivity index (χ4n) is 2.58. The molecular formula is C18H20FNO4. The minimum absolute atomic E-state index is 0.0118. The first-order chi connectivity index (χ1) is 11.5. The average Bonchev–Trinajstić information content (AvgIpc) is 3.05. The molecule has 0 aliphatic carbocycles. The molecule has 2 unspecified atom stereocenters. The van der Waals surface area contributed by atoms with Gasteiger partial charge in [-0.1, -0.05) is 0 Å². The number of benzene rings is 1. The lowest BCUT2D eigenvalue weighted by atomic mass is 10.2. The smallest absolute Gasteiger partial charge is 0.289 e. The summed E-state index contributed by atoms with van der Waals surface area (Å²) in [4.78, 5) is 14.3. The van der Waals surface area contributed by atoms with E-state index in [9.17, 15) is 9.18 Å². The van der Waals surface area contributed by atoms with Gasteiger partial charge in [0.25, 0.3) is 5.91 Å². The summed E-state index contributed by atoms with van der Waals surface area (Å²) >= 11 is 0. The molecule has 1 fully saturated rings. The molecule has 128 valence electrons. The average molecular weight is 333 g/mol. The predicted octanol–water partition coefficient (Wildman–Crippen LogP) is 3.25. The highest BCUT2D eigenvalue weighted by atomic mass is 19.1. The number of morpholine rings is 1. The first-order valence-corrected chi connectivity index (χ1v) is 7.92. The Balaban J connectivity index is 1.62. The topological polar surface area (TPSA) is 51.9 Å². The van der Waals surface area contributed by atoms with E-state index in [1.165, 1.54) is 12.1 Å². The summed E-state index contributed by atoms with van der Waals surface area (Å²) in [5, 5.41) is 0. The molecule has 1 aliphatic rings. The Kier molecular flexibility index (Phi) is 4.85. The van der Waals surface area contributed by atoms with Crippen molar-refractivity contribution < 1.29 is 23.1 Å². The molecule has 24 heavy (non-hydrogen) atoms. The van der Waals surface area contributed by atoms with Crippen LogP contribution in [0.5, 0.6) is 5.75 Å². The highest BCUT2D eigenvalue weighted by Gasteiger charge is 2.29. The minimum Gasteiger partial charge on any atom is -0.486 e. The number of amides is 1. The lowest BCUT2D eigenvalue weighted by Crippen LogP contribution is -2.50. The van der Waals surface area contributed by atoms with Crippen LogP contribution in [0.1, 0.15) is 30.2 Å². The van der Waals surface area contributed by atoms with Gasteiger partial charge in [-0.15, -0.1) is 0 Å². The van der Waals surface area contributed by atoms with E-state index in [1.54, 1.807) is 29.2 Å². The number of hydrogen-bond acceptors (Lipinski definition) is 4. The zero-order valence-corrected chi connectivity index (χ0v) is 13.7. The quantitative estimate of drug-likeness (QED) is 0.862. The molecule has 1 aliphatic heterocycles. The van der Waals surface area contributed by atoms with Gasteiger partial charge in [0.15, 0.2) is 5.76 Å². The molecule has 6 heteroatoms. The molecule has 2 atom stereocenters. The summed E-state index contributed by atoms with van der Waals surface area (Å²) in [6, 6.07) is 9.12. The largest absolute Gasteiger partial charge is 0.486 e. The summed E-state index contributed by atoms with van der Waals surface area (Å²) in [6.45, 7) is 5.13. The van der Waals surface area contributed by atoms with Crippen LogP contribution in [-0.4, -0.2) is 36.1 Å². The highest BCUT2D eigenvalue weighted by Crippen LogP contribution is 2.19. The van der Waals surface area contributed by atoms with Gasteiger partial charge >= 0.3 is 0 Å². The summed E-state index contributed by atoms with van der Waals surface area (Å²) < 4.78 is 29.5. The van der Waals surface area contributed by atoms with Crippen molar-refractivity contribution in [2.75, 3.05) is 13.2 Å². The Labute approximate surface area is 140 Å². The van der Waals surface area contributed by atoms with E-state index < -0.39 is 0 Å². The Hall–Kier alpha value is -2.34. The van der Waals surface area contributed by atoms with Crippen molar-refractivity contribution in [3.8, 4) is 5.75 Å². The summed E-state index contributed by atoms with van der Waals surface area (Å²) in [5.74, 6) is 0.898. The van der Waals surface area contributed by atoms with Crippen LogP contribution in [-0.2, 0) is 11.3 Å². The third kappa shape index (κ3) is 3.76. The molecule has 2 heterocycles. The highest BCUT2D eigenvalue weighted by molar-refractivity contribution is 5.91. The number of halogens is 1. The first-order valence-electron chi connectivity index (χ1n) is 7.92. The van der Waals surface area contributed by atoms with Gasteiger partial charge in [0.05, 0.1) is 18.8 Å². The molecule has 0 saturated carbocycles. The molecule has 1 aromatic heterocycles. The predicted molar refractivity (Wildman–Crippen MR) is 85.4 cm³/mol. The van der Waals surface area contributed by atoms with E-state index in [4.69, 9.17) is 13.9 Å². The molecule has 1 amide bonds. The molecule has 2 aromatic rings. The maximum atomic E-state index is 12.9. The molecule has 0 radical (unpaired) electrons. The zero-order valence-electron chi connectivity index (χ0n) is 13.7. The standard InChI is InChI=1S/C18H20FNO4/c1-12-10-22-13(2)9-20(12)18(21)17-8-7-16(24-17)11-23-15-5-3-14(19)4-6-15/h3-8,12-13H,9-11H2,1-2H3. The number of nitrogens with zero attached hydrogens (tertiary/aromatic N) is 1. The SMILES string of the molecule is CC1CN(C(=O)c2ccc(COc3ccc(F)cc3)o2)C(C)CO1. The van der Waals surface area contributed by atoms with Crippen molar-refractivity contribution >= 4 is 5.91 Å². The zero-order chi connectivity index (χ0) is 17.1. The van der Waals surface area contributed by atoms with E-state index >= 15 is 0 Å². The number of ether oxygens (including phenoxy) is 2. The van der Waals surface area contributed by atoms with Crippen molar-refractivity contribution in [1.29, 1.82) is 0 Å². The third-order valence-corrected chi connectivity index (χ3v) is 3.94. The Morgan fingerprint density at radius 1 is 1.25 bits per heavy atom. The second kappa shape index (κ2) is 7.05. The van der Waals surface area contributed by atoms with Gasteiger partial charge in [-0.25, -0.2) is 4.39 Å². The normalized spacial score (nSPS) is 20.9. The van der Waals surface area contributed by atoms with Crippen molar-refractivity contribution in [2.45, 2.75) is 32.6 Å². The molecular weight excluding hydrogens is 313 g/mol. The van der Waals surface area contributed by atoms with Crippen molar-refractivity contribution in [3.05, 3.63) is 53.7 Å². The second-order valence-corrected chi connectivity index (χ2v) is 5.96. The summed E-state index contributed by atoms with van der Waals surface area (Å²) in [7, 11) is 0. The van der Waals surface area contributed by atoms with Crippen LogP contribution < -0.4 is 4.74 Å². The van der Waals surface area contributed by atoms with Gasteiger partial charge in [-0.2, -0.15) is 0 Å². The lowest BCUT2D eigenvalue weighted by Gasteiger charge is -2.36. The number of furan rings is 1. The number of carbonyl (C=O) groups is 1. The van der Waals surface area contributed by atoms with Crippen LogP contribution in [0, 0.1) is 5.82 Å². The molecule has 1 saturated heterocycles. The van der Waals surface area contributed by atoms with E-state index in [1.807, 2.05) is 13.8 Å². The third-order valence-electron chi connectivity index (χ3n) is 3.94. The van der Waals surface area contributed by atoms with Crippen LogP contribution >= 0.6 is 0 Å².